The van der Waals surface area contributed by atoms with Crippen molar-refractivity contribution in [3.63, 3.8) is 0 Å². The van der Waals surface area contributed by atoms with Gasteiger partial charge in [0.25, 0.3) is 0 Å². The van der Waals surface area contributed by atoms with Crippen molar-refractivity contribution in [2.75, 3.05) is 6.54 Å². The van der Waals surface area contributed by atoms with Crippen LogP contribution in [0.1, 0.15) is 33.1 Å². The fraction of sp³-hybridized carbons (Fsp3) is 0.600. The van der Waals surface area contributed by atoms with Crippen molar-refractivity contribution in [3.8, 4) is 5.75 Å². The summed E-state index contributed by atoms with van der Waals surface area (Å²) in [6.45, 7) is 5.43. The Bertz CT molecular complexity index is 383. The zero-order valence-electron chi connectivity index (χ0n) is 11.2. The average molecular weight is 268 g/mol. The molecule has 1 aromatic carbocycles. The number of rotatable bonds is 4. The average Bonchev–Trinajstić information content (AvgIpc) is 2.36. The Morgan fingerprint density at radius 3 is 2.83 bits per heavy atom. The molecule has 0 bridgehead atoms. The summed E-state index contributed by atoms with van der Waals surface area (Å²) in [6, 6.07) is 8.18. The fourth-order valence-corrected chi connectivity index (χ4v) is 2.84. The molecule has 100 valence electrons. The predicted molar refractivity (Wildman–Crippen MR) is 76.3 cm³/mol. The van der Waals surface area contributed by atoms with Crippen molar-refractivity contribution in [3.05, 3.63) is 29.3 Å². The van der Waals surface area contributed by atoms with E-state index in [4.69, 9.17) is 16.3 Å². The third kappa shape index (κ3) is 3.39. The van der Waals surface area contributed by atoms with E-state index in [2.05, 4.69) is 19.2 Å². The van der Waals surface area contributed by atoms with Gasteiger partial charge >= 0.3 is 0 Å². The van der Waals surface area contributed by atoms with Crippen LogP contribution in [-0.2, 0) is 0 Å². The molecule has 1 aromatic rings. The number of hydrogen-bond donors (Lipinski definition) is 1. The van der Waals surface area contributed by atoms with Gasteiger partial charge in [0.15, 0.2) is 0 Å². The van der Waals surface area contributed by atoms with Crippen molar-refractivity contribution in [2.45, 2.75) is 45.3 Å². The Kier molecular flexibility index (Phi) is 4.90. The molecule has 1 aliphatic rings. The second kappa shape index (κ2) is 6.44. The van der Waals surface area contributed by atoms with Gasteiger partial charge in [-0.25, -0.2) is 0 Å². The largest absolute Gasteiger partial charge is 0.487 e. The predicted octanol–water partition coefficient (Wildman–Crippen LogP) is 3.89. The van der Waals surface area contributed by atoms with E-state index in [0.29, 0.717) is 11.1 Å². The third-order valence-electron chi connectivity index (χ3n) is 3.64. The zero-order valence-corrected chi connectivity index (χ0v) is 11.9. The number of halogens is 1. The fourth-order valence-electron chi connectivity index (χ4n) is 2.66. The van der Waals surface area contributed by atoms with E-state index >= 15 is 0 Å². The van der Waals surface area contributed by atoms with Crippen molar-refractivity contribution in [1.29, 1.82) is 0 Å². The summed E-state index contributed by atoms with van der Waals surface area (Å²) >= 11 is 6.16. The number of benzene rings is 1. The van der Waals surface area contributed by atoms with E-state index in [9.17, 15) is 0 Å². The Balaban J connectivity index is 2.06. The molecule has 0 aromatic heterocycles. The van der Waals surface area contributed by atoms with Gasteiger partial charge in [-0.3, -0.25) is 0 Å². The van der Waals surface area contributed by atoms with Gasteiger partial charge in [0.1, 0.15) is 11.9 Å². The van der Waals surface area contributed by atoms with Crippen molar-refractivity contribution in [1.82, 2.24) is 5.32 Å². The quantitative estimate of drug-likeness (QED) is 0.894. The molecule has 0 spiro atoms. The van der Waals surface area contributed by atoms with E-state index in [0.717, 1.165) is 24.6 Å². The van der Waals surface area contributed by atoms with Crippen LogP contribution in [0.5, 0.6) is 5.75 Å². The SMILES string of the molecule is CCNC1CCC(C)CC1Oc1ccccc1Cl. The van der Waals surface area contributed by atoms with Gasteiger partial charge < -0.3 is 10.1 Å². The lowest BCUT2D eigenvalue weighted by atomic mass is 9.85. The summed E-state index contributed by atoms with van der Waals surface area (Å²) in [6.07, 6.45) is 3.79. The maximum absolute atomic E-state index is 6.16. The zero-order chi connectivity index (χ0) is 13.0. The molecule has 1 fully saturated rings. The molecular formula is C15H22ClNO. The monoisotopic (exact) mass is 267 g/mol. The smallest absolute Gasteiger partial charge is 0.138 e. The van der Waals surface area contributed by atoms with Gasteiger partial charge in [-0.05, 0) is 43.9 Å². The first kappa shape index (κ1) is 13.7. The summed E-state index contributed by atoms with van der Waals surface area (Å²) in [5.74, 6) is 1.54. The molecule has 0 heterocycles. The van der Waals surface area contributed by atoms with Crippen molar-refractivity contribution < 1.29 is 4.74 Å². The first-order chi connectivity index (χ1) is 8.70. The van der Waals surface area contributed by atoms with Gasteiger partial charge in [0.2, 0.25) is 0 Å². The minimum atomic E-state index is 0.230. The van der Waals surface area contributed by atoms with Crippen LogP contribution in [0.4, 0.5) is 0 Å². The molecule has 3 heteroatoms. The minimum Gasteiger partial charge on any atom is -0.487 e. The minimum absolute atomic E-state index is 0.230. The van der Waals surface area contributed by atoms with Crippen LogP contribution in [0.15, 0.2) is 24.3 Å². The summed E-state index contributed by atoms with van der Waals surface area (Å²) < 4.78 is 6.13. The standard InChI is InChI=1S/C15H22ClNO/c1-3-17-13-9-8-11(2)10-15(13)18-14-7-5-4-6-12(14)16/h4-7,11,13,15,17H,3,8-10H2,1-2H3. The van der Waals surface area contributed by atoms with Gasteiger partial charge in [-0.2, -0.15) is 0 Å². The highest BCUT2D eigenvalue weighted by atomic mass is 35.5. The topological polar surface area (TPSA) is 21.3 Å². The number of likely N-dealkylation sites (N-methyl/N-ethyl adjacent to an activating group) is 1. The molecule has 0 aliphatic heterocycles. The van der Waals surface area contributed by atoms with Gasteiger partial charge in [0.05, 0.1) is 5.02 Å². The highest BCUT2D eigenvalue weighted by Crippen LogP contribution is 2.31. The third-order valence-corrected chi connectivity index (χ3v) is 3.95. The van der Waals surface area contributed by atoms with Crippen LogP contribution in [0.25, 0.3) is 0 Å². The van der Waals surface area contributed by atoms with Gasteiger partial charge in [-0.1, -0.05) is 37.6 Å². The van der Waals surface area contributed by atoms with Crippen LogP contribution >= 0.6 is 11.6 Å². The van der Waals surface area contributed by atoms with Crippen LogP contribution in [0, 0.1) is 5.92 Å². The van der Waals surface area contributed by atoms with Gasteiger partial charge in [0, 0.05) is 6.04 Å². The first-order valence-corrected chi connectivity index (χ1v) is 7.23. The lowest BCUT2D eigenvalue weighted by molar-refractivity contribution is 0.0917. The summed E-state index contributed by atoms with van der Waals surface area (Å²) in [4.78, 5) is 0. The normalized spacial score (nSPS) is 28.1. The van der Waals surface area contributed by atoms with E-state index in [1.165, 1.54) is 12.8 Å². The van der Waals surface area contributed by atoms with Crippen molar-refractivity contribution in [2.24, 2.45) is 5.92 Å². The molecule has 1 saturated carbocycles. The second-order valence-corrected chi connectivity index (χ2v) is 5.58. The highest BCUT2D eigenvalue weighted by Gasteiger charge is 2.29. The Morgan fingerprint density at radius 2 is 2.11 bits per heavy atom. The molecule has 0 radical (unpaired) electrons. The molecule has 1 N–H and O–H groups in total. The number of nitrogens with one attached hydrogen (secondary N) is 1. The highest BCUT2D eigenvalue weighted by molar-refractivity contribution is 6.32. The second-order valence-electron chi connectivity index (χ2n) is 5.17. The lowest BCUT2D eigenvalue weighted by Gasteiger charge is -2.35. The number of ether oxygens (including phenoxy) is 1. The first-order valence-electron chi connectivity index (χ1n) is 6.85. The Hall–Kier alpha value is -0.730. The Labute approximate surface area is 115 Å². The van der Waals surface area contributed by atoms with Crippen LogP contribution in [0.2, 0.25) is 5.02 Å². The summed E-state index contributed by atoms with van der Waals surface area (Å²) in [5, 5.41) is 4.23. The maximum Gasteiger partial charge on any atom is 0.138 e. The molecule has 2 nitrogen and oxygen atoms in total. The molecule has 3 atom stereocenters. The maximum atomic E-state index is 6.16. The van der Waals surface area contributed by atoms with E-state index in [1.807, 2.05) is 24.3 Å². The number of hydrogen-bond acceptors (Lipinski definition) is 2. The van der Waals surface area contributed by atoms with Crippen molar-refractivity contribution >= 4 is 11.6 Å². The summed E-state index contributed by atoms with van der Waals surface area (Å²) in [5.41, 5.74) is 0. The Morgan fingerprint density at radius 1 is 1.33 bits per heavy atom. The number of para-hydroxylation sites is 1. The molecule has 2 rings (SSSR count). The molecular weight excluding hydrogens is 246 g/mol. The molecule has 1 aliphatic carbocycles. The van der Waals surface area contributed by atoms with E-state index < -0.39 is 0 Å². The van der Waals surface area contributed by atoms with Gasteiger partial charge in [-0.15, -0.1) is 0 Å². The molecule has 3 unspecified atom stereocenters. The van der Waals surface area contributed by atoms with E-state index in [1.54, 1.807) is 0 Å². The van der Waals surface area contributed by atoms with E-state index in [-0.39, 0.29) is 6.10 Å². The van der Waals surface area contributed by atoms with Crippen LogP contribution in [-0.4, -0.2) is 18.7 Å². The molecule has 0 amide bonds. The molecule has 0 saturated heterocycles. The molecule has 18 heavy (non-hydrogen) atoms. The lowest BCUT2D eigenvalue weighted by Crippen LogP contribution is -2.46. The summed E-state index contributed by atoms with van der Waals surface area (Å²) in [7, 11) is 0. The van der Waals surface area contributed by atoms with Crippen LogP contribution in [0.3, 0.4) is 0 Å². The van der Waals surface area contributed by atoms with Crippen LogP contribution < -0.4 is 10.1 Å².